The van der Waals surface area contributed by atoms with Gasteiger partial charge in [0.2, 0.25) is 15.9 Å². The van der Waals surface area contributed by atoms with Gasteiger partial charge in [-0.15, -0.1) is 0 Å². The predicted octanol–water partition coefficient (Wildman–Crippen LogP) is 2.07. The van der Waals surface area contributed by atoms with E-state index in [0.717, 1.165) is 24.9 Å². The Bertz CT molecular complexity index is 965. The minimum absolute atomic E-state index is 0.0841. The first-order chi connectivity index (χ1) is 14.8. The highest BCUT2D eigenvalue weighted by Gasteiger charge is 2.29. The molecule has 3 rings (SSSR count). The Labute approximate surface area is 182 Å². The summed E-state index contributed by atoms with van der Waals surface area (Å²) in [5, 5.41) is 8.44. The maximum absolute atomic E-state index is 12.9. The Balaban J connectivity index is 1.38. The van der Waals surface area contributed by atoms with Crippen LogP contribution in [-0.2, 0) is 21.2 Å². The van der Waals surface area contributed by atoms with Crippen LogP contribution >= 0.6 is 0 Å². The number of likely N-dealkylation sites (tertiary alicyclic amines) is 1. The number of carbonyl (C=O) groups is 1. The quantitative estimate of drug-likeness (QED) is 0.512. The molecule has 0 aromatic heterocycles. The second-order valence-corrected chi connectivity index (χ2v) is 9.12. The summed E-state index contributed by atoms with van der Waals surface area (Å²) in [6.07, 6.45) is 2.92. The van der Waals surface area contributed by atoms with Crippen molar-refractivity contribution >= 4 is 15.9 Å². The lowest BCUT2D eigenvalue weighted by Crippen LogP contribution is -2.37. The van der Waals surface area contributed by atoms with E-state index in [1.54, 1.807) is 24.3 Å². The van der Waals surface area contributed by atoms with Crippen molar-refractivity contribution in [3.63, 3.8) is 0 Å². The molecule has 1 atom stereocenters. The van der Waals surface area contributed by atoms with E-state index in [2.05, 4.69) is 5.32 Å². The average Bonchev–Trinajstić information content (AvgIpc) is 3.09. The summed E-state index contributed by atoms with van der Waals surface area (Å²) in [5.41, 5.74) is 0.960. The lowest BCUT2D eigenvalue weighted by atomic mass is 10.1. The Morgan fingerprint density at radius 3 is 2.48 bits per heavy atom. The molecule has 1 aliphatic rings. The number of amides is 1. The first-order valence-corrected chi connectivity index (χ1v) is 11.9. The molecule has 0 saturated carbocycles. The van der Waals surface area contributed by atoms with Gasteiger partial charge in [0.25, 0.3) is 0 Å². The molecule has 0 spiro atoms. The van der Waals surface area contributed by atoms with Gasteiger partial charge in [0.1, 0.15) is 18.2 Å². The monoisotopic (exact) mass is 449 g/mol. The van der Waals surface area contributed by atoms with Crippen molar-refractivity contribution in [2.45, 2.75) is 36.6 Å². The minimum atomic E-state index is -3.70. The summed E-state index contributed by atoms with van der Waals surface area (Å²) in [7, 11) is -3.70. The fourth-order valence-corrected chi connectivity index (χ4v) is 4.18. The third-order valence-electron chi connectivity index (χ3n) is 5.36. The number of carbonyl (C=O) groups excluding carboxylic acids is 1. The predicted molar refractivity (Wildman–Crippen MR) is 116 cm³/mol. The SMILES string of the molecule is NS(=O)(=O)c1ccc(CCN2C(=O)CC[C@@H]2CCNCCOc2ccc(F)cc2)cc1. The van der Waals surface area contributed by atoms with Crippen LogP contribution in [0.2, 0.25) is 0 Å². The summed E-state index contributed by atoms with van der Waals surface area (Å²) >= 11 is 0. The number of ether oxygens (including phenoxy) is 1. The van der Waals surface area contributed by atoms with Gasteiger partial charge in [-0.25, -0.2) is 17.9 Å². The zero-order valence-corrected chi connectivity index (χ0v) is 18.1. The highest BCUT2D eigenvalue weighted by Crippen LogP contribution is 2.22. The number of hydrogen-bond acceptors (Lipinski definition) is 5. The summed E-state index contributed by atoms with van der Waals surface area (Å²) < 4.78 is 41.1. The zero-order chi connectivity index (χ0) is 22.3. The molecule has 1 aliphatic heterocycles. The molecule has 1 saturated heterocycles. The number of primary sulfonamides is 1. The summed E-state index contributed by atoms with van der Waals surface area (Å²) in [6.45, 7) is 2.51. The first kappa shape index (κ1) is 23.2. The number of hydrogen-bond donors (Lipinski definition) is 2. The number of nitrogens with zero attached hydrogens (tertiary/aromatic N) is 1. The van der Waals surface area contributed by atoms with Crippen LogP contribution in [-0.4, -0.2) is 51.5 Å². The Morgan fingerprint density at radius 1 is 1.10 bits per heavy atom. The molecule has 3 N–H and O–H groups in total. The standard InChI is InChI=1S/C22H28FN3O4S/c23-18-3-6-20(7-4-18)30-16-14-25-13-11-19-5-10-22(27)26(19)15-12-17-1-8-21(9-2-17)31(24,28)29/h1-4,6-9,19,25H,5,10-16H2,(H2,24,28,29)/t19-/m1/s1. The second-order valence-electron chi connectivity index (χ2n) is 7.56. The topological polar surface area (TPSA) is 102 Å². The Kier molecular flexibility index (Phi) is 8.00. The fourth-order valence-electron chi connectivity index (χ4n) is 3.66. The molecule has 1 amide bonds. The van der Waals surface area contributed by atoms with E-state index >= 15 is 0 Å². The largest absolute Gasteiger partial charge is 0.492 e. The van der Waals surface area contributed by atoms with Gasteiger partial charge in [-0.05, 0) is 67.8 Å². The van der Waals surface area contributed by atoms with Crippen LogP contribution in [0.25, 0.3) is 0 Å². The third kappa shape index (κ3) is 7.02. The van der Waals surface area contributed by atoms with Crippen molar-refractivity contribution in [1.82, 2.24) is 10.2 Å². The molecule has 1 fully saturated rings. The molecule has 0 aliphatic carbocycles. The van der Waals surface area contributed by atoms with Crippen molar-refractivity contribution < 1.29 is 22.3 Å². The van der Waals surface area contributed by atoms with Crippen LogP contribution in [0.1, 0.15) is 24.8 Å². The van der Waals surface area contributed by atoms with Crippen LogP contribution in [0.5, 0.6) is 5.75 Å². The van der Waals surface area contributed by atoms with E-state index in [-0.39, 0.29) is 22.7 Å². The molecule has 2 aromatic carbocycles. The molecule has 1 heterocycles. The van der Waals surface area contributed by atoms with Crippen LogP contribution in [0, 0.1) is 5.82 Å². The van der Waals surface area contributed by atoms with Gasteiger partial charge in [-0.2, -0.15) is 0 Å². The molecular formula is C22H28FN3O4S. The molecular weight excluding hydrogens is 421 g/mol. The molecule has 0 radical (unpaired) electrons. The Morgan fingerprint density at radius 2 is 1.81 bits per heavy atom. The molecule has 2 aromatic rings. The van der Waals surface area contributed by atoms with E-state index in [1.807, 2.05) is 4.90 Å². The van der Waals surface area contributed by atoms with E-state index in [9.17, 15) is 17.6 Å². The summed E-state index contributed by atoms with van der Waals surface area (Å²) in [5.74, 6) is 0.500. The number of nitrogens with one attached hydrogen (secondary N) is 1. The van der Waals surface area contributed by atoms with Crippen molar-refractivity contribution in [1.29, 1.82) is 0 Å². The maximum Gasteiger partial charge on any atom is 0.238 e. The summed E-state index contributed by atoms with van der Waals surface area (Å²) in [6, 6.07) is 12.6. The molecule has 0 bridgehead atoms. The Hall–Kier alpha value is -2.49. The summed E-state index contributed by atoms with van der Waals surface area (Å²) in [4.78, 5) is 14.3. The van der Waals surface area contributed by atoms with Crippen molar-refractivity contribution in [3.8, 4) is 5.75 Å². The average molecular weight is 450 g/mol. The van der Waals surface area contributed by atoms with Crippen LogP contribution in [0.3, 0.4) is 0 Å². The fraction of sp³-hybridized carbons (Fsp3) is 0.409. The van der Waals surface area contributed by atoms with Gasteiger partial charge >= 0.3 is 0 Å². The van der Waals surface area contributed by atoms with E-state index < -0.39 is 10.0 Å². The van der Waals surface area contributed by atoms with Crippen molar-refractivity contribution in [2.24, 2.45) is 5.14 Å². The van der Waals surface area contributed by atoms with Crippen LogP contribution in [0.4, 0.5) is 4.39 Å². The minimum Gasteiger partial charge on any atom is -0.492 e. The molecule has 168 valence electrons. The van der Waals surface area contributed by atoms with Crippen molar-refractivity contribution in [3.05, 3.63) is 59.9 Å². The van der Waals surface area contributed by atoms with Gasteiger partial charge in [-0.3, -0.25) is 4.79 Å². The number of sulfonamides is 1. The second kappa shape index (κ2) is 10.7. The molecule has 7 nitrogen and oxygen atoms in total. The number of nitrogens with two attached hydrogens (primary N) is 1. The van der Waals surface area contributed by atoms with E-state index in [0.29, 0.717) is 38.3 Å². The molecule has 0 unspecified atom stereocenters. The highest BCUT2D eigenvalue weighted by atomic mass is 32.2. The van der Waals surface area contributed by atoms with E-state index in [4.69, 9.17) is 9.88 Å². The van der Waals surface area contributed by atoms with Gasteiger partial charge < -0.3 is 15.0 Å². The zero-order valence-electron chi connectivity index (χ0n) is 17.3. The maximum atomic E-state index is 12.9. The number of halogens is 1. The molecule has 31 heavy (non-hydrogen) atoms. The van der Waals surface area contributed by atoms with Crippen LogP contribution in [0.15, 0.2) is 53.4 Å². The highest BCUT2D eigenvalue weighted by molar-refractivity contribution is 7.89. The normalized spacial score (nSPS) is 16.6. The van der Waals surface area contributed by atoms with Gasteiger partial charge in [0.15, 0.2) is 0 Å². The van der Waals surface area contributed by atoms with E-state index in [1.165, 1.54) is 24.3 Å². The first-order valence-electron chi connectivity index (χ1n) is 10.3. The van der Waals surface area contributed by atoms with Crippen LogP contribution < -0.4 is 15.2 Å². The molecule has 9 heteroatoms. The lowest BCUT2D eigenvalue weighted by molar-refractivity contribution is -0.129. The number of benzene rings is 2. The van der Waals surface area contributed by atoms with Crippen molar-refractivity contribution in [2.75, 3.05) is 26.2 Å². The van der Waals surface area contributed by atoms with Gasteiger partial charge in [-0.1, -0.05) is 12.1 Å². The smallest absolute Gasteiger partial charge is 0.238 e. The van der Waals surface area contributed by atoms with Gasteiger partial charge in [0.05, 0.1) is 4.90 Å². The number of rotatable bonds is 11. The third-order valence-corrected chi connectivity index (χ3v) is 6.29. The lowest BCUT2D eigenvalue weighted by Gasteiger charge is -2.25. The van der Waals surface area contributed by atoms with Gasteiger partial charge in [0, 0.05) is 25.6 Å².